The van der Waals surface area contributed by atoms with Crippen molar-refractivity contribution in [1.82, 2.24) is 5.32 Å². The monoisotopic (exact) mass is 648 g/mol. The third-order valence-corrected chi connectivity index (χ3v) is 8.52. The standard InChI is InChI=1S/C35H25ClN4O3S2/c36-26-14-7-9-23(17-26)18-31(39-33(42)25-12-5-2-6-13-25)34(43)38-27-15-8-16-28(19-27)44-22-32(41)40-35-29(20-37)30(21-45-35)24-10-3-1-4-11-24/h1-19,21H,22H2,(H,38,43)(H,39,42)(H,40,41)/b31-18-. The lowest BCUT2D eigenvalue weighted by atomic mass is 10.1. The number of amides is 3. The highest BCUT2D eigenvalue weighted by molar-refractivity contribution is 8.00. The summed E-state index contributed by atoms with van der Waals surface area (Å²) in [6.07, 6.45) is 1.55. The number of thioether (sulfide) groups is 1. The van der Waals surface area contributed by atoms with E-state index in [2.05, 4.69) is 22.0 Å². The molecule has 5 aromatic rings. The number of halogens is 1. The van der Waals surface area contributed by atoms with Crippen LogP contribution < -0.4 is 16.0 Å². The van der Waals surface area contributed by atoms with Crippen LogP contribution in [0.2, 0.25) is 5.02 Å². The topological polar surface area (TPSA) is 111 Å². The number of thiophene rings is 1. The summed E-state index contributed by atoms with van der Waals surface area (Å²) < 4.78 is 0. The fraction of sp³-hybridized carbons (Fsp3) is 0.0286. The van der Waals surface area contributed by atoms with Gasteiger partial charge in [-0.2, -0.15) is 5.26 Å². The van der Waals surface area contributed by atoms with Gasteiger partial charge in [0.2, 0.25) is 5.91 Å². The Balaban J connectivity index is 1.25. The van der Waals surface area contributed by atoms with Gasteiger partial charge in [-0.25, -0.2) is 0 Å². The second kappa shape index (κ2) is 15.0. The van der Waals surface area contributed by atoms with E-state index >= 15 is 0 Å². The SMILES string of the molecule is N#Cc1c(-c2ccccc2)csc1NC(=O)CSc1cccc(NC(=O)/C(=C/c2cccc(Cl)c2)NC(=O)c2ccccc2)c1. The number of hydrogen-bond acceptors (Lipinski definition) is 6. The minimum absolute atomic E-state index is 0.0303. The van der Waals surface area contributed by atoms with E-state index in [0.717, 1.165) is 16.0 Å². The van der Waals surface area contributed by atoms with Crippen LogP contribution in [0, 0.1) is 11.3 Å². The average Bonchev–Trinajstić information content (AvgIpc) is 3.46. The van der Waals surface area contributed by atoms with Gasteiger partial charge in [-0.3, -0.25) is 14.4 Å². The first-order valence-corrected chi connectivity index (χ1v) is 15.9. The van der Waals surface area contributed by atoms with Crippen molar-refractivity contribution < 1.29 is 14.4 Å². The molecule has 0 saturated carbocycles. The number of anilines is 2. The predicted molar refractivity (Wildman–Crippen MR) is 182 cm³/mol. The van der Waals surface area contributed by atoms with Gasteiger partial charge in [0.15, 0.2) is 0 Å². The summed E-state index contributed by atoms with van der Waals surface area (Å²) in [5.41, 5.74) is 3.66. The molecule has 7 nitrogen and oxygen atoms in total. The van der Waals surface area contributed by atoms with E-state index in [1.165, 1.54) is 23.1 Å². The molecule has 222 valence electrons. The molecule has 0 fully saturated rings. The molecule has 10 heteroatoms. The first-order valence-electron chi connectivity index (χ1n) is 13.6. The molecule has 0 spiro atoms. The molecule has 4 aromatic carbocycles. The Bertz CT molecular complexity index is 1920. The van der Waals surface area contributed by atoms with Gasteiger partial charge in [0.25, 0.3) is 11.8 Å². The summed E-state index contributed by atoms with van der Waals surface area (Å²) in [6, 6.07) is 34.3. The van der Waals surface area contributed by atoms with Crippen molar-refractivity contribution >= 4 is 69.2 Å². The molecule has 0 aliphatic rings. The van der Waals surface area contributed by atoms with Gasteiger partial charge in [-0.1, -0.05) is 78.3 Å². The van der Waals surface area contributed by atoms with Gasteiger partial charge in [-0.05, 0) is 59.7 Å². The van der Waals surface area contributed by atoms with E-state index in [1.807, 2.05) is 41.8 Å². The van der Waals surface area contributed by atoms with Crippen molar-refractivity contribution in [2.45, 2.75) is 4.90 Å². The largest absolute Gasteiger partial charge is 0.321 e. The van der Waals surface area contributed by atoms with Crippen LogP contribution in [-0.2, 0) is 9.59 Å². The molecule has 3 amide bonds. The second-order valence-electron chi connectivity index (χ2n) is 9.58. The molecular weight excluding hydrogens is 624 g/mol. The molecule has 0 aliphatic heterocycles. The highest BCUT2D eigenvalue weighted by Crippen LogP contribution is 2.35. The molecule has 5 rings (SSSR count). The Labute approximate surface area is 273 Å². The summed E-state index contributed by atoms with van der Waals surface area (Å²) in [4.78, 5) is 39.8. The number of hydrogen-bond donors (Lipinski definition) is 3. The number of nitriles is 1. The van der Waals surface area contributed by atoms with Crippen LogP contribution in [0.4, 0.5) is 10.7 Å². The quantitative estimate of drug-likeness (QED) is 0.105. The van der Waals surface area contributed by atoms with Gasteiger partial charge in [0, 0.05) is 32.1 Å². The fourth-order valence-corrected chi connectivity index (χ4v) is 6.16. The van der Waals surface area contributed by atoms with Crippen LogP contribution in [0.25, 0.3) is 17.2 Å². The maximum absolute atomic E-state index is 13.4. The lowest BCUT2D eigenvalue weighted by Gasteiger charge is -2.12. The lowest BCUT2D eigenvalue weighted by molar-refractivity contribution is -0.114. The van der Waals surface area contributed by atoms with Crippen molar-refractivity contribution in [2.75, 3.05) is 16.4 Å². The number of nitrogens with zero attached hydrogens (tertiary/aromatic N) is 1. The van der Waals surface area contributed by atoms with Crippen LogP contribution in [0.5, 0.6) is 0 Å². The highest BCUT2D eigenvalue weighted by Gasteiger charge is 2.17. The number of nitrogens with one attached hydrogen (secondary N) is 3. The van der Waals surface area contributed by atoms with E-state index in [-0.39, 0.29) is 17.4 Å². The molecule has 0 radical (unpaired) electrons. The van der Waals surface area contributed by atoms with Crippen molar-refractivity contribution in [1.29, 1.82) is 5.26 Å². The van der Waals surface area contributed by atoms with E-state index < -0.39 is 11.8 Å². The molecule has 0 atom stereocenters. The molecule has 3 N–H and O–H groups in total. The molecule has 0 bridgehead atoms. The summed E-state index contributed by atoms with van der Waals surface area (Å²) in [5.74, 6) is -1.14. The predicted octanol–water partition coefficient (Wildman–Crippen LogP) is 8.08. The van der Waals surface area contributed by atoms with Gasteiger partial charge >= 0.3 is 0 Å². The summed E-state index contributed by atoms with van der Waals surface area (Å²) in [6.45, 7) is 0. The number of benzene rings is 4. The Morgan fingerprint density at radius 3 is 2.33 bits per heavy atom. The third kappa shape index (κ3) is 8.49. The number of carbonyl (C=O) groups is 3. The van der Waals surface area contributed by atoms with Crippen LogP contribution in [0.3, 0.4) is 0 Å². The molecule has 1 aromatic heterocycles. The smallest absolute Gasteiger partial charge is 0.272 e. The molecule has 0 saturated heterocycles. The van der Waals surface area contributed by atoms with Crippen LogP contribution in [0.15, 0.2) is 125 Å². The zero-order valence-corrected chi connectivity index (χ0v) is 26.0. The van der Waals surface area contributed by atoms with Gasteiger partial charge in [0.05, 0.1) is 11.3 Å². The Hall–Kier alpha value is -5.14. The molecule has 0 aliphatic carbocycles. The summed E-state index contributed by atoms with van der Waals surface area (Å²) in [7, 11) is 0. The number of rotatable bonds is 10. The lowest BCUT2D eigenvalue weighted by Crippen LogP contribution is -2.30. The van der Waals surface area contributed by atoms with Gasteiger partial charge in [-0.15, -0.1) is 23.1 Å². The van der Waals surface area contributed by atoms with Crippen molar-refractivity contribution in [3.8, 4) is 17.2 Å². The zero-order valence-electron chi connectivity index (χ0n) is 23.6. The van der Waals surface area contributed by atoms with Gasteiger partial charge < -0.3 is 16.0 Å². The van der Waals surface area contributed by atoms with Crippen LogP contribution in [0.1, 0.15) is 21.5 Å². The first kappa shape index (κ1) is 31.3. The minimum Gasteiger partial charge on any atom is -0.321 e. The van der Waals surface area contributed by atoms with E-state index in [9.17, 15) is 19.6 Å². The minimum atomic E-state index is -0.532. The molecule has 1 heterocycles. The number of carbonyl (C=O) groups excluding carboxylic acids is 3. The second-order valence-corrected chi connectivity index (χ2v) is 11.9. The highest BCUT2D eigenvalue weighted by atomic mass is 35.5. The Morgan fingerprint density at radius 1 is 0.867 bits per heavy atom. The van der Waals surface area contributed by atoms with E-state index in [0.29, 0.717) is 32.4 Å². The zero-order chi connectivity index (χ0) is 31.6. The van der Waals surface area contributed by atoms with Gasteiger partial charge in [0.1, 0.15) is 16.8 Å². The van der Waals surface area contributed by atoms with Crippen molar-refractivity contribution in [3.63, 3.8) is 0 Å². The van der Waals surface area contributed by atoms with E-state index in [4.69, 9.17) is 11.6 Å². The van der Waals surface area contributed by atoms with Crippen LogP contribution in [-0.4, -0.2) is 23.5 Å². The first-order chi connectivity index (χ1) is 21.9. The summed E-state index contributed by atoms with van der Waals surface area (Å²) in [5, 5.41) is 21.0. The molecular formula is C35H25ClN4O3S2. The maximum Gasteiger partial charge on any atom is 0.272 e. The maximum atomic E-state index is 13.4. The van der Waals surface area contributed by atoms with Crippen LogP contribution >= 0.6 is 34.7 Å². The average molecular weight is 649 g/mol. The molecule has 45 heavy (non-hydrogen) atoms. The Morgan fingerprint density at radius 2 is 1.60 bits per heavy atom. The Kier molecular flexibility index (Phi) is 10.5. The van der Waals surface area contributed by atoms with E-state index in [1.54, 1.807) is 78.9 Å². The summed E-state index contributed by atoms with van der Waals surface area (Å²) >= 11 is 8.73. The van der Waals surface area contributed by atoms with Crippen molar-refractivity contribution in [3.05, 3.63) is 142 Å². The fourth-order valence-electron chi connectivity index (χ4n) is 4.27. The van der Waals surface area contributed by atoms with Crippen molar-refractivity contribution in [2.24, 2.45) is 0 Å². The third-order valence-electron chi connectivity index (χ3n) is 6.39. The molecule has 0 unspecified atom stereocenters. The normalized spacial score (nSPS) is 10.9.